The van der Waals surface area contributed by atoms with E-state index in [1.807, 2.05) is 38.1 Å². The molecule has 0 atom stereocenters. The molecule has 0 bridgehead atoms. The van der Waals surface area contributed by atoms with Gasteiger partial charge in [0.15, 0.2) is 5.78 Å². The Bertz CT molecular complexity index is 317. The maximum atomic E-state index is 11.5. The number of carbonyl (C=O) groups is 1. The number of rotatable bonds is 5. The van der Waals surface area contributed by atoms with Gasteiger partial charge in [0.2, 0.25) is 0 Å². The van der Waals surface area contributed by atoms with Gasteiger partial charge in [0.1, 0.15) is 6.61 Å². The van der Waals surface area contributed by atoms with Crippen LogP contribution in [0.25, 0.3) is 0 Å². The molecule has 0 unspecified atom stereocenters. The topological polar surface area (TPSA) is 26.3 Å². The molecule has 0 saturated carbocycles. The van der Waals surface area contributed by atoms with Crippen molar-refractivity contribution in [3.8, 4) is 0 Å². The summed E-state index contributed by atoms with van der Waals surface area (Å²) in [6.07, 6.45) is 0.555. The normalized spacial score (nSPS) is 10.7. The number of Topliss-reactive ketones (excluding diaryl/α,β-unsaturated/α-hetero) is 1. The van der Waals surface area contributed by atoms with E-state index in [1.165, 1.54) is 0 Å². The van der Waals surface area contributed by atoms with E-state index in [4.69, 9.17) is 4.74 Å². The zero-order valence-electron chi connectivity index (χ0n) is 9.00. The molecule has 1 rings (SSSR count). The summed E-state index contributed by atoms with van der Waals surface area (Å²) in [6, 6.07) is 7.76. The Morgan fingerprint density at radius 2 is 1.93 bits per heavy atom. The molecule has 0 aliphatic carbocycles. The van der Waals surface area contributed by atoms with Crippen molar-refractivity contribution in [3.05, 3.63) is 34.3 Å². The van der Waals surface area contributed by atoms with Crippen molar-refractivity contribution in [1.29, 1.82) is 0 Å². The molecule has 1 aromatic carbocycles. The maximum Gasteiger partial charge on any atom is 0.162 e. The van der Waals surface area contributed by atoms with Crippen LogP contribution < -0.4 is 0 Å². The first-order chi connectivity index (χ1) is 7.08. The molecule has 0 N–H and O–H groups in total. The quantitative estimate of drug-likeness (QED) is 0.823. The summed E-state index contributed by atoms with van der Waals surface area (Å²) in [5.74, 6) is 0.117. The molecule has 0 aliphatic heterocycles. The Morgan fingerprint density at radius 3 is 2.47 bits per heavy atom. The summed E-state index contributed by atoms with van der Waals surface area (Å²) in [5.41, 5.74) is 1.02. The smallest absolute Gasteiger partial charge is 0.162 e. The zero-order valence-corrected chi connectivity index (χ0v) is 10.6. The Morgan fingerprint density at radius 1 is 1.33 bits per heavy atom. The van der Waals surface area contributed by atoms with Gasteiger partial charge in [-0.15, -0.1) is 0 Å². The van der Waals surface area contributed by atoms with Crippen LogP contribution in [0, 0.1) is 0 Å². The monoisotopic (exact) mass is 270 g/mol. The predicted molar refractivity (Wildman–Crippen MR) is 63.9 cm³/mol. The highest BCUT2D eigenvalue weighted by molar-refractivity contribution is 9.10. The number of hydrogen-bond donors (Lipinski definition) is 0. The third-order valence-corrected chi connectivity index (χ3v) is 2.42. The number of hydrogen-bond acceptors (Lipinski definition) is 2. The van der Waals surface area contributed by atoms with Crippen LogP contribution in [0.5, 0.6) is 0 Å². The van der Waals surface area contributed by atoms with Crippen LogP contribution in [0.3, 0.4) is 0 Å². The molecule has 1 aromatic rings. The molecule has 0 aliphatic rings. The zero-order chi connectivity index (χ0) is 11.3. The maximum absolute atomic E-state index is 11.5. The van der Waals surface area contributed by atoms with Crippen molar-refractivity contribution in [1.82, 2.24) is 0 Å². The number of ketones is 1. The Labute approximate surface area is 98.8 Å². The lowest BCUT2D eigenvalue weighted by atomic mass is 10.1. The highest BCUT2D eigenvalue weighted by Gasteiger charge is 2.05. The number of carbonyl (C=O) groups excluding carboxylic acids is 1. The van der Waals surface area contributed by atoms with Crippen molar-refractivity contribution in [2.45, 2.75) is 26.4 Å². The summed E-state index contributed by atoms with van der Waals surface area (Å²) in [5, 5.41) is 0. The molecule has 0 aromatic heterocycles. The molecular formula is C12H15BrO2. The Hall–Kier alpha value is -0.670. The average Bonchev–Trinajstić information content (AvgIpc) is 2.19. The van der Waals surface area contributed by atoms with Crippen LogP contribution in [-0.2, 0) is 16.0 Å². The SMILES string of the molecule is CC(C)OCC(=O)Cc1ccc(Br)cc1. The molecule has 0 amide bonds. The van der Waals surface area contributed by atoms with Crippen LogP contribution in [0.4, 0.5) is 0 Å². The van der Waals surface area contributed by atoms with Gasteiger partial charge in [0, 0.05) is 10.9 Å². The predicted octanol–water partition coefficient (Wildman–Crippen LogP) is 2.99. The first kappa shape index (κ1) is 12.4. The number of ether oxygens (including phenoxy) is 1. The molecule has 0 fully saturated rings. The summed E-state index contributed by atoms with van der Waals surface area (Å²) in [6.45, 7) is 4.05. The highest BCUT2D eigenvalue weighted by atomic mass is 79.9. The number of halogens is 1. The van der Waals surface area contributed by atoms with E-state index in [2.05, 4.69) is 15.9 Å². The Balaban J connectivity index is 2.41. The Kier molecular flexibility index (Phi) is 4.99. The van der Waals surface area contributed by atoms with Gasteiger partial charge in [0.25, 0.3) is 0 Å². The standard InChI is InChI=1S/C12H15BrO2/c1-9(2)15-8-12(14)7-10-3-5-11(13)6-4-10/h3-6,9H,7-8H2,1-2H3. The molecule has 2 nitrogen and oxygen atoms in total. The molecule has 3 heteroatoms. The van der Waals surface area contributed by atoms with Crippen LogP contribution in [0.1, 0.15) is 19.4 Å². The average molecular weight is 271 g/mol. The van der Waals surface area contributed by atoms with Gasteiger partial charge in [-0.1, -0.05) is 28.1 Å². The second-order valence-electron chi connectivity index (χ2n) is 3.70. The minimum absolute atomic E-state index is 0.110. The van der Waals surface area contributed by atoms with Crippen LogP contribution in [-0.4, -0.2) is 18.5 Å². The van der Waals surface area contributed by atoms with Gasteiger partial charge < -0.3 is 4.74 Å². The van der Waals surface area contributed by atoms with Crippen LogP contribution in [0.15, 0.2) is 28.7 Å². The van der Waals surface area contributed by atoms with Gasteiger partial charge in [-0.3, -0.25) is 4.79 Å². The van der Waals surface area contributed by atoms with Crippen molar-refractivity contribution in [3.63, 3.8) is 0 Å². The van der Waals surface area contributed by atoms with Gasteiger partial charge in [-0.05, 0) is 31.5 Å². The lowest BCUT2D eigenvalue weighted by molar-refractivity contribution is -0.124. The van der Waals surface area contributed by atoms with E-state index in [1.54, 1.807) is 0 Å². The highest BCUT2D eigenvalue weighted by Crippen LogP contribution is 2.11. The lowest BCUT2D eigenvalue weighted by Crippen LogP contribution is -2.15. The van der Waals surface area contributed by atoms with Crippen LogP contribution in [0.2, 0.25) is 0 Å². The fourth-order valence-electron chi connectivity index (χ4n) is 1.14. The molecule has 0 radical (unpaired) electrons. The van der Waals surface area contributed by atoms with Crippen LogP contribution >= 0.6 is 15.9 Å². The summed E-state index contributed by atoms with van der Waals surface area (Å²) in [7, 11) is 0. The van der Waals surface area contributed by atoms with E-state index >= 15 is 0 Å². The second kappa shape index (κ2) is 6.03. The fraction of sp³-hybridized carbons (Fsp3) is 0.417. The molecule has 82 valence electrons. The minimum atomic E-state index is 0.110. The van der Waals surface area contributed by atoms with Gasteiger partial charge in [-0.25, -0.2) is 0 Å². The second-order valence-corrected chi connectivity index (χ2v) is 4.62. The first-order valence-corrected chi connectivity index (χ1v) is 5.75. The largest absolute Gasteiger partial charge is 0.371 e. The van der Waals surface area contributed by atoms with Crippen molar-refractivity contribution >= 4 is 21.7 Å². The van der Waals surface area contributed by atoms with Gasteiger partial charge in [-0.2, -0.15) is 0 Å². The molecular weight excluding hydrogens is 256 g/mol. The molecule has 0 heterocycles. The van der Waals surface area contributed by atoms with E-state index in [0.717, 1.165) is 10.0 Å². The number of benzene rings is 1. The summed E-state index contributed by atoms with van der Waals surface area (Å²) < 4.78 is 6.27. The van der Waals surface area contributed by atoms with Gasteiger partial charge in [0.05, 0.1) is 6.10 Å². The molecule has 0 saturated heterocycles. The summed E-state index contributed by atoms with van der Waals surface area (Å²) >= 11 is 3.35. The van der Waals surface area contributed by atoms with E-state index < -0.39 is 0 Å². The minimum Gasteiger partial charge on any atom is -0.371 e. The first-order valence-electron chi connectivity index (χ1n) is 4.95. The van der Waals surface area contributed by atoms with Crippen molar-refractivity contribution in [2.75, 3.05) is 6.61 Å². The third-order valence-electron chi connectivity index (χ3n) is 1.89. The van der Waals surface area contributed by atoms with Crippen molar-refractivity contribution in [2.24, 2.45) is 0 Å². The van der Waals surface area contributed by atoms with Crippen molar-refractivity contribution < 1.29 is 9.53 Å². The van der Waals surface area contributed by atoms with E-state index in [-0.39, 0.29) is 18.5 Å². The van der Waals surface area contributed by atoms with E-state index in [0.29, 0.717) is 6.42 Å². The van der Waals surface area contributed by atoms with Gasteiger partial charge >= 0.3 is 0 Å². The fourth-order valence-corrected chi connectivity index (χ4v) is 1.40. The van der Waals surface area contributed by atoms with E-state index in [9.17, 15) is 4.79 Å². The molecule has 15 heavy (non-hydrogen) atoms. The third kappa shape index (κ3) is 5.09. The summed E-state index contributed by atoms with van der Waals surface area (Å²) in [4.78, 5) is 11.5. The molecule has 0 spiro atoms. The lowest BCUT2D eigenvalue weighted by Gasteiger charge is -2.06.